The van der Waals surface area contributed by atoms with Gasteiger partial charge in [0.1, 0.15) is 0 Å². The summed E-state index contributed by atoms with van der Waals surface area (Å²) < 4.78 is 0. The number of aromatic nitrogens is 2. The molecule has 0 bridgehead atoms. The van der Waals surface area contributed by atoms with Gasteiger partial charge < -0.3 is 5.73 Å². The van der Waals surface area contributed by atoms with Crippen molar-refractivity contribution in [2.45, 2.75) is 13.8 Å². The van der Waals surface area contributed by atoms with Crippen molar-refractivity contribution < 1.29 is 4.79 Å². The molecule has 17 heavy (non-hydrogen) atoms. The van der Waals surface area contributed by atoms with Crippen molar-refractivity contribution in [1.82, 2.24) is 9.97 Å². The van der Waals surface area contributed by atoms with E-state index in [1.165, 1.54) is 0 Å². The summed E-state index contributed by atoms with van der Waals surface area (Å²) in [7, 11) is 0. The van der Waals surface area contributed by atoms with E-state index in [2.05, 4.69) is 9.97 Å². The second-order valence-electron chi connectivity index (χ2n) is 3.95. The van der Waals surface area contributed by atoms with Crippen molar-refractivity contribution in [3.63, 3.8) is 0 Å². The highest BCUT2D eigenvalue weighted by molar-refractivity contribution is 5.89. The van der Waals surface area contributed by atoms with E-state index in [9.17, 15) is 4.79 Å². The van der Waals surface area contributed by atoms with E-state index in [1.807, 2.05) is 44.2 Å². The summed E-state index contributed by atoms with van der Waals surface area (Å²) in [5.41, 5.74) is 8.74. The third kappa shape index (κ3) is 2.47. The van der Waals surface area contributed by atoms with Crippen molar-refractivity contribution in [3.05, 3.63) is 47.4 Å². The van der Waals surface area contributed by atoms with E-state index in [1.54, 1.807) is 0 Å². The van der Waals surface area contributed by atoms with Crippen LogP contribution in [0, 0.1) is 13.8 Å². The van der Waals surface area contributed by atoms with Crippen LogP contribution in [0.3, 0.4) is 0 Å². The summed E-state index contributed by atoms with van der Waals surface area (Å²) in [4.78, 5) is 19.3. The fraction of sp³-hybridized carbons (Fsp3) is 0.154. The Hall–Kier alpha value is -2.23. The summed E-state index contributed by atoms with van der Waals surface area (Å²) in [5.74, 6) is -0.552. The molecule has 0 spiro atoms. The van der Waals surface area contributed by atoms with Crippen molar-refractivity contribution in [2.75, 3.05) is 0 Å². The first-order valence-corrected chi connectivity index (χ1v) is 5.29. The summed E-state index contributed by atoms with van der Waals surface area (Å²) in [6.07, 6.45) is 0. The van der Waals surface area contributed by atoms with Crippen molar-refractivity contribution in [2.24, 2.45) is 5.73 Å². The Balaban J connectivity index is 2.56. The quantitative estimate of drug-likeness (QED) is 0.851. The molecule has 4 nitrogen and oxygen atoms in total. The van der Waals surface area contributed by atoms with Crippen LogP contribution < -0.4 is 5.73 Å². The van der Waals surface area contributed by atoms with E-state index >= 15 is 0 Å². The van der Waals surface area contributed by atoms with Crippen LogP contribution in [0.4, 0.5) is 0 Å². The van der Waals surface area contributed by atoms with Gasteiger partial charge in [-0.3, -0.25) is 4.79 Å². The van der Waals surface area contributed by atoms with Crippen LogP contribution in [0.5, 0.6) is 0 Å². The average molecular weight is 227 g/mol. The van der Waals surface area contributed by atoms with E-state index in [0.29, 0.717) is 0 Å². The Morgan fingerprint density at radius 2 is 1.94 bits per heavy atom. The molecule has 1 aromatic carbocycles. The molecular formula is C13H13N3O. The molecule has 0 saturated carbocycles. The van der Waals surface area contributed by atoms with E-state index < -0.39 is 5.91 Å². The number of carbonyl (C=O) groups excluding carboxylic acids is 1. The molecule has 0 atom stereocenters. The minimum Gasteiger partial charge on any atom is -0.363 e. The zero-order valence-corrected chi connectivity index (χ0v) is 9.77. The highest BCUT2D eigenvalue weighted by atomic mass is 16.1. The van der Waals surface area contributed by atoms with Gasteiger partial charge in [0.05, 0.1) is 5.69 Å². The van der Waals surface area contributed by atoms with Gasteiger partial charge in [-0.25, -0.2) is 9.97 Å². The number of benzene rings is 1. The Bertz CT molecular complexity index is 579. The second kappa shape index (κ2) is 4.33. The van der Waals surface area contributed by atoms with Crippen LogP contribution in [-0.2, 0) is 0 Å². The van der Waals surface area contributed by atoms with Crippen molar-refractivity contribution in [1.29, 1.82) is 0 Å². The molecule has 0 aliphatic heterocycles. The van der Waals surface area contributed by atoms with E-state index in [0.717, 1.165) is 22.5 Å². The van der Waals surface area contributed by atoms with Gasteiger partial charge in [0.15, 0.2) is 0 Å². The number of hydrogen-bond acceptors (Lipinski definition) is 3. The lowest BCUT2D eigenvalue weighted by Gasteiger charge is -2.04. The number of nitrogens with two attached hydrogens (primary N) is 1. The lowest BCUT2D eigenvalue weighted by Crippen LogP contribution is -2.16. The van der Waals surface area contributed by atoms with Gasteiger partial charge in [0.25, 0.3) is 5.91 Å². The molecule has 86 valence electrons. The first kappa shape index (κ1) is 11.3. The molecular weight excluding hydrogens is 214 g/mol. The lowest BCUT2D eigenvalue weighted by atomic mass is 10.1. The topological polar surface area (TPSA) is 68.9 Å². The third-order valence-electron chi connectivity index (χ3n) is 2.39. The monoisotopic (exact) mass is 227 g/mol. The molecule has 0 saturated heterocycles. The zero-order valence-electron chi connectivity index (χ0n) is 9.77. The molecule has 0 aliphatic carbocycles. The molecule has 0 aliphatic rings. The Kier molecular flexibility index (Phi) is 2.87. The van der Waals surface area contributed by atoms with Gasteiger partial charge >= 0.3 is 0 Å². The number of amides is 1. The minimum atomic E-state index is -0.609. The second-order valence-corrected chi connectivity index (χ2v) is 3.95. The minimum absolute atomic E-state index is 0.0570. The average Bonchev–Trinajstić information content (AvgIpc) is 2.28. The molecule has 0 unspecified atom stereocenters. The van der Waals surface area contributed by atoms with Crippen molar-refractivity contribution in [3.8, 4) is 11.3 Å². The highest BCUT2D eigenvalue weighted by Gasteiger charge is 2.08. The SMILES string of the molecule is Cc1cccc(-c2cc(C)nc(C(N)=O)n2)c1. The fourth-order valence-corrected chi connectivity index (χ4v) is 1.63. The summed E-state index contributed by atoms with van der Waals surface area (Å²) in [5, 5.41) is 0. The molecule has 0 fully saturated rings. The van der Waals surface area contributed by atoms with E-state index in [-0.39, 0.29) is 5.82 Å². The number of carbonyl (C=O) groups is 1. The molecule has 1 aromatic heterocycles. The summed E-state index contributed by atoms with van der Waals surface area (Å²) in [6, 6.07) is 9.74. The van der Waals surface area contributed by atoms with E-state index in [4.69, 9.17) is 5.73 Å². The predicted molar refractivity (Wildman–Crippen MR) is 65.5 cm³/mol. The molecule has 2 N–H and O–H groups in total. The molecule has 2 aromatic rings. The number of rotatable bonds is 2. The third-order valence-corrected chi connectivity index (χ3v) is 2.39. The molecule has 2 rings (SSSR count). The molecule has 4 heteroatoms. The van der Waals surface area contributed by atoms with Crippen LogP contribution in [0.15, 0.2) is 30.3 Å². The highest BCUT2D eigenvalue weighted by Crippen LogP contribution is 2.18. The van der Waals surface area contributed by atoms with Crippen molar-refractivity contribution >= 4 is 5.91 Å². The Morgan fingerprint density at radius 1 is 1.18 bits per heavy atom. The lowest BCUT2D eigenvalue weighted by molar-refractivity contribution is 0.0990. The zero-order chi connectivity index (χ0) is 12.4. The molecule has 1 heterocycles. The maximum atomic E-state index is 11.1. The largest absolute Gasteiger partial charge is 0.363 e. The number of nitrogens with zero attached hydrogens (tertiary/aromatic N) is 2. The normalized spacial score (nSPS) is 10.2. The molecule has 0 radical (unpaired) electrons. The van der Waals surface area contributed by atoms with Gasteiger partial charge in [-0.15, -0.1) is 0 Å². The van der Waals surface area contributed by atoms with Gasteiger partial charge in [0, 0.05) is 11.3 Å². The standard InChI is InChI=1S/C13H13N3O/c1-8-4-3-5-10(6-8)11-7-9(2)15-13(16-11)12(14)17/h3-7H,1-2H3,(H2,14,17). The maximum absolute atomic E-state index is 11.1. The van der Waals surface area contributed by atoms with Gasteiger partial charge in [-0.05, 0) is 26.0 Å². The number of hydrogen-bond donors (Lipinski definition) is 1. The maximum Gasteiger partial charge on any atom is 0.286 e. The van der Waals surface area contributed by atoms with Crippen LogP contribution >= 0.6 is 0 Å². The Morgan fingerprint density at radius 3 is 2.59 bits per heavy atom. The summed E-state index contributed by atoms with van der Waals surface area (Å²) in [6.45, 7) is 3.82. The smallest absolute Gasteiger partial charge is 0.286 e. The van der Waals surface area contributed by atoms with Gasteiger partial charge in [-0.2, -0.15) is 0 Å². The first-order valence-electron chi connectivity index (χ1n) is 5.29. The van der Waals surface area contributed by atoms with Gasteiger partial charge in [-0.1, -0.05) is 23.8 Å². The van der Waals surface area contributed by atoms with Gasteiger partial charge in [0.2, 0.25) is 5.82 Å². The first-order chi connectivity index (χ1) is 8.06. The van der Waals surface area contributed by atoms with Crippen LogP contribution in [0.25, 0.3) is 11.3 Å². The predicted octanol–water partition coefficient (Wildman–Crippen LogP) is 1.86. The fourth-order valence-electron chi connectivity index (χ4n) is 1.63. The van der Waals surface area contributed by atoms with Crippen LogP contribution in [0.2, 0.25) is 0 Å². The number of primary amides is 1. The van der Waals surface area contributed by atoms with Crippen LogP contribution in [0.1, 0.15) is 21.9 Å². The van der Waals surface area contributed by atoms with Crippen LogP contribution in [-0.4, -0.2) is 15.9 Å². The number of aryl methyl sites for hydroxylation is 2. The Labute approximate surface area is 99.5 Å². The summed E-state index contributed by atoms with van der Waals surface area (Å²) >= 11 is 0. The molecule has 1 amide bonds.